The van der Waals surface area contributed by atoms with Gasteiger partial charge in [-0.3, -0.25) is 4.68 Å². The molecular formula is C18H21N5O2S. The molecule has 3 aromatic rings. The van der Waals surface area contributed by atoms with E-state index in [1.807, 2.05) is 49.8 Å². The Morgan fingerprint density at radius 1 is 1.27 bits per heavy atom. The minimum atomic E-state index is 0.464. The average Bonchev–Trinajstić information content (AvgIpc) is 3.16. The van der Waals surface area contributed by atoms with Crippen molar-refractivity contribution in [3.8, 4) is 5.75 Å². The molecule has 0 unspecified atom stereocenters. The molecule has 2 N–H and O–H groups in total. The van der Waals surface area contributed by atoms with E-state index in [-0.39, 0.29) is 0 Å². The van der Waals surface area contributed by atoms with Gasteiger partial charge in [-0.05, 0) is 50.7 Å². The van der Waals surface area contributed by atoms with Gasteiger partial charge in [-0.2, -0.15) is 5.10 Å². The van der Waals surface area contributed by atoms with Crippen molar-refractivity contribution >= 4 is 28.7 Å². The molecular weight excluding hydrogens is 350 g/mol. The second-order valence-electron chi connectivity index (χ2n) is 6.01. The smallest absolute Gasteiger partial charge is 0.175 e. The Hall–Kier alpha value is -2.87. The van der Waals surface area contributed by atoms with Gasteiger partial charge in [-0.1, -0.05) is 11.2 Å². The van der Waals surface area contributed by atoms with Crippen molar-refractivity contribution in [1.29, 1.82) is 0 Å². The maximum atomic E-state index is 5.40. The summed E-state index contributed by atoms with van der Waals surface area (Å²) in [6.45, 7) is 6.42. The molecule has 0 bridgehead atoms. The zero-order valence-electron chi connectivity index (χ0n) is 15.2. The van der Waals surface area contributed by atoms with E-state index in [1.165, 1.54) is 0 Å². The summed E-state index contributed by atoms with van der Waals surface area (Å²) in [5.41, 5.74) is 4.62. The molecule has 0 aliphatic carbocycles. The van der Waals surface area contributed by atoms with Gasteiger partial charge in [0.05, 0.1) is 36.9 Å². The molecule has 7 nitrogen and oxygen atoms in total. The summed E-state index contributed by atoms with van der Waals surface area (Å²) in [5.74, 6) is 1.53. The highest BCUT2D eigenvalue weighted by Gasteiger charge is 2.11. The quantitative estimate of drug-likeness (QED) is 0.663. The number of nitrogens with one attached hydrogen (secondary N) is 2. The lowest BCUT2D eigenvalue weighted by molar-refractivity contribution is 0.391. The largest absolute Gasteiger partial charge is 0.495 e. The monoisotopic (exact) mass is 371 g/mol. The van der Waals surface area contributed by atoms with E-state index < -0.39 is 0 Å². The lowest BCUT2D eigenvalue weighted by Gasteiger charge is -2.13. The van der Waals surface area contributed by atoms with Gasteiger partial charge in [0, 0.05) is 11.8 Å². The first kappa shape index (κ1) is 17.9. The van der Waals surface area contributed by atoms with Crippen LogP contribution in [0.2, 0.25) is 0 Å². The summed E-state index contributed by atoms with van der Waals surface area (Å²) in [4.78, 5) is 0. The molecule has 0 saturated carbocycles. The van der Waals surface area contributed by atoms with Crippen molar-refractivity contribution in [2.75, 3.05) is 17.7 Å². The van der Waals surface area contributed by atoms with Crippen LogP contribution < -0.4 is 15.4 Å². The Morgan fingerprint density at radius 2 is 2.08 bits per heavy atom. The summed E-state index contributed by atoms with van der Waals surface area (Å²) in [6.07, 6.45) is 3.60. The number of methoxy groups -OCH3 is 1. The summed E-state index contributed by atoms with van der Waals surface area (Å²) in [7, 11) is 1.63. The summed E-state index contributed by atoms with van der Waals surface area (Å²) in [5, 5.41) is 15.1. The molecule has 3 rings (SSSR count). The Labute approximate surface area is 157 Å². The van der Waals surface area contributed by atoms with Crippen LogP contribution in [0.5, 0.6) is 5.75 Å². The Balaban J connectivity index is 1.66. The summed E-state index contributed by atoms with van der Waals surface area (Å²) in [6, 6.07) is 5.87. The minimum absolute atomic E-state index is 0.464. The van der Waals surface area contributed by atoms with Gasteiger partial charge in [0.2, 0.25) is 0 Å². The molecule has 0 aliphatic rings. The number of anilines is 2. The van der Waals surface area contributed by atoms with Crippen LogP contribution in [0.4, 0.5) is 11.4 Å². The van der Waals surface area contributed by atoms with Crippen molar-refractivity contribution in [2.24, 2.45) is 0 Å². The van der Waals surface area contributed by atoms with Crippen LogP contribution in [0.25, 0.3) is 0 Å². The van der Waals surface area contributed by atoms with E-state index >= 15 is 0 Å². The second-order valence-corrected chi connectivity index (χ2v) is 6.42. The number of thiocarbonyl (C=S) groups is 1. The molecule has 0 atom stereocenters. The van der Waals surface area contributed by atoms with Gasteiger partial charge in [-0.25, -0.2) is 0 Å². The molecule has 2 aromatic heterocycles. The normalized spacial score (nSPS) is 10.6. The third-order valence-electron chi connectivity index (χ3n) is 4.00. The van der Waals surface area contributed by atoms with E-state index in [9.17, 15) is 0 Å². The zero-order valence-corrected chi connectivity index (χ0v) is 16.0. The Bertz CT molecular complexity index is 912. The summed E-state index contributed by atoms with van der Waals surface area (Å²) >= 11 is 5.40. The van der Waals surface area contributed by atoms with Crippen LogP contribution in [0.1, 0.15) is 22.6 Å². The first-order chi connectivity index (χ1) is 12.5. The lowest BCUT2D eigenvalue weighted by Crippen LogP contribution is -2.19. The fourth-order valence-electron chi connectivity index (χ4n) is 2.61. The molecule has 0 aliphatic heterocycles. The highest BCUT2D eigenvalue weighted by atomic mass is 32.1. The number of aromatic nitrogens is 3. The molecule has 0 amide bonds. The SMILES string of the molecule is COc1ccc(C)cc1NC(=S)Nc1cnn(Cc2c(C)noc2C)c1. The van der Waals surface area contributed by atoms with Crippen molar-refractivity contribution in [3.63, 3.8) is 0 Å². The molecule has 1 aromatic carbocycles. The van der Waals surface area contributed by atoms with E-state index in [2.05, 4.69) is 20.9 Å². The van der Waals surface area contributed by atoms with E-state index in [0.29, 0.717) is 11.7 Å². The van der Waals surface area contributed by atoms with E-state index in [1.54, 1.807) is 13.3 Å². The fraction of sp³-hybridized carbons (Fsp3) is 0.278. The van der Waals surface area contributed by atoms with Crippen LogP contribution in [0.15, 0.2) is 35.1 Å². The number of rotatable bonds is 5. The maximum Gasteiger partial charge on any atom is 0.175 e. The fourth-order valence-corrected chi connectivity index (χ4v) is 2.84. The molecule has 26 heavy (non-hydrogen) atoms. The van der Waals surface area contributed by atoms with E-state index in [0.717, 1.165) is 39.7 Å². The third-order valence-corrected chi connectivity index (χ3v) is 4.20. The second kappa shape index (κ2) is 7.57. The number of hydrogen-bond donors (Lipinski definition) is 2. The zero-order chi connectivity index (χ0) is 18.7. The molecule has 0 saturated heterocycles. The standard InChI is InChI=1S/C18H21N5O2S/c1-11-5-6-17(24-4)16(7-11)21-18(26)20-14-8-19-23(9-14)10-15-12(2)22-25-13(15)3/h5-9H,10H2,1-4H3,(H2,20,21,26). The average molecular weight is 371 g/mol. The number of ether oxygens (including phenoxy) is 1. The van der Waals surface area contributed by atoms with Crippen molar-refractivity contribution in [1.82, 2.24) is 14.9 Å². The maximum absolute atomic E-state index is 5.40. The molecule has 0 fully saturated rings. The van der Waals surface area contributed by atoms with Gasteiger partial charge in [0.25, 0.3) is 0 Å². The van der Waals surface area contributed by atoms with Gasteiger partial charge >= 0.3 is 0 Å². The summed E-state index contributed by atoms with van der Waals surface area (Å²) < 4.78 is 12.4. The van der Waals surface area contributed by atoms with Crippen LogP contribution in [-0.2, 0) is 6.54 Å². The predicted octanol–water partition coefficient (Wildman–Crippen LogP) is 3.66. The van der Waals surface area contributed by atoms with Gasteiger partial charge in [-0.15, -0.1) is 0 Å². The highest BCUT2D eigenvalue weighted by Crippen LogP contribution is 2.25. The first-order valence-electron chi connectivity index (χ1n) is 8.13. The minimum Gasteiger partial charge on any atom is -0.495 e. The van der Waals surface area contributed by atoms with Crippen LogP contribution >= 0.6 is 12.2 Å². The first-order valence-corrected chi connectivity index (χ1v) is 8.54. The van der Waals surface area contributed by atoms with Crippen LogP contribution in [0.3, 0.4) is 0 Å². The Kier molecular flexibility index (Phi) is 5.22. The molecule has 0 spiro atoms. The van der Waals surface area contributed by atoms with Crippen LogP contribution in [0, 0.1) is 20.8 Å². The predicted molar refractivity (Wildman–Crippen MR) is 105 cm³/mol. The highest BCUT2D eigenvalue weighted by molar-refractivity contribution is 7.80. The van der Waals surface area contributed by atoms with Gasteiger partial charge in [0.15, 0.2) is 5.11 Å². The number of nitrogens with zero attached hydrogens (tertiary/aromatic N) is 3. The van der Waals surface area contributed by atoms with Crippen LogP contribution in [-0.4, -0.2) is 27.2 Å². The molecule has 2 heterocycles. The van der Waals surface area contributed by atoms with Crippen molar-refractivity contribution < 1.29 is 9.26 Å². The van der Waals surface area contributed by atoms with E-state index in [4.69, 9.17) is 21.5 Å². The third kappa shape index (κ3) is 4.02. The molecule has 136 valence electrons. The van der Waals surface area contributed by atoms with Gasteiger partial charge in [0.1, 0.15) is 11.5 Å². The number of aryl methyl sites for hydroxylation is 3. The number of benzene rings is 1. The molecule has 8 heteroatoms. The lowest BCUT2D eigenvalue weighted by atomic mass is 10.2. The van der Waals surface area contributed by atoms with Crippen molar-refractivity contribution in [3.05, 3.63) is 53.2 Å². The number of hydrogen-bond acceptors (Lipinski definition) is 5. The van der Waals surface area contributed by atoms with Crippen molar-refractivity contribution in [2.45, 2.75) is 27.3 Å². The topological polar surface area (TPSA) is 77.1 Å². The molecule has 0 radical (unpaired) electrons. The Morgan fingerprint density at radius 3 is 2.77 bits per heavy atom. The van der Waals surface area contributed by atoms with Gasteiger partial charge < -0.3 is 19.9 Å².